The number of nitrogens with zero attached hydrogens (tertiary/aromatic N) is 1. The summed E-state index contributed by atoms with van der Waals surface area (Å²) in [6.45, 7) is 1.90. The Hall–Kier alpha value is -1.62. The van der Waals surface area contributed by atoms with Crippen molar-refractivity contribution in [2.75, 3.05) is 13.2 Å². The van der Waals surface area contributed by atoms with Crippen LogP contribution in [0.4, 0.5) is 4.39 Å². The van der Waals surface area contributed by atoms with Crippen LogP contribution in [0.15, 0.2) is 24.3 Å². The monoisotopic (exact) mass is 267 g/mol. The van der Waals surface area contributed by atoms with Crippen LogP contribution in [0.3, 0.4) is 0 Å². The third kappa shape index (κ3) is 3.67. The number of aliphatic hydroxyl groups excluding tert-OH is 1. The fourth-order valence-corrected chi connectivity index (χ4v) is 2.00. The summed E-state index contributed by atoms with van der Waals surface area (Å²) in [6, 6.07) is 5.94. The van der Waals surface area contributed by atoms with Crippen molar-refractivity contribution in [1.29, 1.82) is 0 Å². The van der Waals surface area contributed by atoms with Crippen LogP contribution in [0.2, 0.25) is 0 Å². The molecule has 2 rings (SSSR count). The fourth-order valence-electron chi connectivity index (χ4n) is 2.00. The number of benzene rings is 1. The Bertz CT molecular complexity index is 448. The first-order valence-electron chi connectivity index (χ1n) is 6.45. The van der Waals surface area contributed by atoms with Crippen LogP contribution in [0.1, 0.15) is 19.8 Å². The highest BCUT2D eigenvalue weighted by Gasteiger charge is 2.34. The van der Waals surface area contributed by atoms with E-state index in [1.165, 1.54) is 18.2 Å². The lowest BCUT2D eigenvalue weighted by Gasteiger charge is -2.25. The molecule has 0 heterocycles. The summed E-state index contributed by atoms with van der Waals surface area (Å²) < 4.78 is 18.5. The Morgan fingerprint density at radius 1 is 1.58 bits per heavy atom. The predicted octanol–water partition coefficient (Wildman–Crippen LogP) is 1.58. The normalized spacial score (nSPS) is 15.9. The zero-order valence-electron chi connectivity index (χ0n) is 10.9. The summed E-state index contributed by atoms with van der Waals surface area (Å²) in [5, 5.41) is 8.99. The second kappa shape index (κ2) is 6.02. The van der Waals surface area contributed by atoms with E-state index in [1.54, 1.807) is 17.9 Å². The van der Waals surface area contributed by atoms with Gasteiger partial charge in [-0.15, -0.1) is 0 Å². The third-order valence-electron chi connectivity index (χ3n) is 3.07. The molecule has 0 aliphatic heterocycles. The number of halogens is 1. The summed E-state index contributed by atoms with van der Waals surface area (Å²) in [5.74, 6) is -0.229. The van der Waals surface area contributed by atoms with Crippen molar-refractivity contribution in [2.45, 2.75) is 31.9 Å². The van der Waals surface area contributed by atoms with Crippen molar-refractivity contribution in [3.8, 4) is 5.75 Å². The van der Waals surface area contributed by atoms with Gasteiger partial charge in [0.2, 0.25) is 0 Å². The summed E-state index contributed by atoms with van der Waals surface area (Å²) in [7, 11) is 0. The van der Waals surface area contributed by atoms with E-state index in [2.05, 4.69) is 0 Å². The van der Waals surface area contributed by atoms with Gasteiger partial charge in [0.25, 0.3) is 5.91 Å². The van der Waals surface area contributed by atoms with Gasteiger partial charge in [-0.2, -0.15) is 0 Å². The maximum Gasteiger partial charge on any atom is 0.263 e. The molecule has 0 spiro atoms. The number of carbonyl (C=O) groups is 1. The topological polar surface area (TPSA) is 49.8 Å². The average Bonchev–Trinajstić information content (AvgIpc) is 3.19. The molecule has 4 nitrogen and oxygen atoms in total. The van der Waals surface area contributed by atoms with Crippen LogP contribution in [0, 0.1) is 5.82 Å². The minimum Gasteiger partial charge on any atom is -0.481 e. The Balaban J connectivity index is 1.98. The van der Waals surface area contributed by atoms with Crippen molar-refractivity contribution < 1.29 is 19.0 Å². The van der Waals surface area contributed by atoms with E-state index < -0.39 is 11.9 Å². The van der Waals surface area contributed by atoms with Gasteiger partial charge in [0.1, 0.15) is 11.6 Å². The first kappa shape index (κ1) is 13.8. The largest absolute Gasteiger partial charge is 0.481 e. The number of carbonyl (C=O) groups excluding carboxylic acids is 1. The molecule has 1 aliphatic carbocycles. The smallest absolute Gasteiger partial charge is 0.263 e. The molecule has 1 aliphatic rings. The van der Waals surface area contributed by atoms with Gasteiger partial charge in [-0.25, -0.2) is 4.39 Å². The minimum absolute atomic E-state index is 0.0606. The van der Waals surface area contributed by atoms with E-state index in [-0.39, 0.29) is 18.6 Å². The van der Waals surface area contributed by atoms with Gasteiger partial charge in [-0.05, 0) is 31.9 Å². The maximum atomic E-state index is 13.0. The van der Waals surface area contributed by atoms with Crippen molar-refractivity contribution in [2.24, 2.45) is 0 Å². The van der Waals surface area contributed by atoms with Gasteiger partial charge < -0.3 is 14.7 Å². The molecule has 1 atom stereocenters. The minimum atomic E-state index is -0.686. The number of amides is 1. The number of ether oxygens (including phenoxy) is 1. The van der Waals surface area contributed by atoms with Crippen molar-refractivity contribution >= 4 is 5.91 Å². The van der Waals surface area contributed by atoms with Crippen molar-refractivity contribution in [3.05, 3.63) is 30.1 Å². The lowest BCUT2D eigenvalue weighted by atomic mass is 10.3. The van der Waals surface area contributed by atoms with Crippen LogP contribution >= 0.6 is 0 Å². The molecule has 0 aromatic heterocycles. The second-order valence-electron chi connectivity index (χ2n) is 4.70. The molecular formula is C14H18FNO3. The van der Waals surface area contributed by atoms with Crippen LogP contribution in [0.5, 0.6) is 5.75 Å². The van der Waals surface area contributed by atoms with Crippen LogP contribution in [-0.4, -0.2) is 41.2 Å². The van der Waals surface area contributed by atoms with E-state index in [9.17, 15) is 9.18 Å². The third-order valence-corrected chi connectivity index (χ3v) is 3.07. The van der Waals surface area contributed by atoms with Gasteiger partial charge in [0, 0.05) is 18.7 Å². The van der Waals surface area contributed by atoms with Crippen LogP contribution in [0.25, 0.3) is 0 Å². The predicted molar refractivity (Wildman–Crippen MR) is 68.3 cm³/mol. The van der Waals surface area contributed by atoms with Gasteiger partial charge >= 0.3 is 0 Å². The molecule has 1 amide bonds. The molecule has 1 N–H and O–H groups in total. The standard InChI is InChI=1S/C14H18FNO3/c1-10(19-13-4-2-3-11(15)9-13)14(18)16(7-8-17)12-5-6-12/h2-4,9-10,12,17H,5-8H2,1H3. The molecule has 0 bridgehead atoms. The molecule has 104 valence electrons. The van der Waals surface area contributed by atoms with Crippen LogP contribution in [-0.2, 0) is 4.79 Å². The highest BCUT2D eigenvalue weighted by atomic mass is 19.1. The summed E-state index contributed by atoms with van der Waals surface area (Å²) in [4.78, 5) is 13.8. The molecular weight excluding hydrogens is 249 g/mol. The van der Waals surface area contributed by atoms with E-state index in [0.29, 0.717) is 12.3 Å². The van der Waals surface area contributed by atoms with Crippen molar-refractivity contribution in [3.63, 3.8) is 0 Å². The van der Waals surface area contributed by atoms with Crippen molar-refractivity contribution in [1.82, 2.24) is 4.90 Å². The number of aliphatic hydroxyl groups is 1. The average molecular weight is 267 g/mol. The molecule has 1 fully saturated rings. The molecule has 0 saturated heterocycles. The molecule has 1 aromatic carbocycles. The lowest BCUT2D eigenvalue weighted by molar-refractivity contribution is -0.139. The molecule has 1 unspecified atom stereocenters. The quantitative estimate of drug-likeness (QED) is 0.851. The van der Waals surface area contributed by atoms with Gasteiger partial charge in [0.05, 0.1) is 6.61 Å². The molecule has 19 heavy (non-hydrogen) atoms. The SMILES string of the molecule is CC(Oc1cccc(F)c1)C(=O)N(CCO)C1CC1. The summed E-state index contributed by atoms with van der Waals surface area (Å²) in [5.41, 5.74) is 0. The number of rotatable bonds is 6. The van der Waals surface area contributed by atoms with Gasteiger partial charge in [-0.3, -0.25) is 4.79 Å². The molecule has 0 radical (unpaired) electrons. The highest BCUT2D eigenvalue weighted by molar-refractivity contribution is 5.81. The molecule has 5 heteroatoms. The lowest BCUT2D eigenvalue weighted by Crippen LogP contribution is -2.43. The molecule has 1 aromatic rings. The Morgan fingerprint density at radius 3 is 2.89 bits per heavy atom. The Labute approximate surface area is 111 Å². The van der Waals surface area contributed by atoms with E-state index >= 15 is 0 Å². The van der Waals surface area contributed by atoms with Gasteiger partial charge in [0.15, 0.2) is 6.10 Å². The number of hydrogen-bond acceptors (Lipinski definition) is 3. The first-order valence-corrected chi connectivity index (χ1v) is 6.45. The van der Waals surface area contributed by atoms with Crippen LogP contribution < -0.4 is 4.74 Å². The maximum absolute atomic E-state index is 13.0. The summed E-state index contributed by atoms with van der Waals surface area (Å²) >= 11 is 0. The zero-order chi connectivity index (χ0) is 13.8. The van der Waals surface area contributed by atoms with E-state index in [1.807, 2.05) is 0 Å². The second-order valence-corrected chi connectivity index (χ2v) is 4.70. The van der Waals surface area contributed by atoms with Gasteiger partial charge in [-0.1, -0.05) is 6.07 Å². The number of hydrogen-bond donors (Lipinski definition) is 1. The Morgan fingerprint density at radius 2 is 2.32 bits per heavy atom. The highest BCUT2D eigenvalue weighted by Crippen LogP contribution is 2.27. The molecule has 1 saturated carbocycles. The summed E-state index contributed by atoms with van der Waals surface area (Å²) in [6.07, 6.45) is 1.26. The zero-order valence-corrected chi connectivity index (χ0v) is 10.9. The van der Waals surface area contributed by atoms with E-state index in [0.717, 1.165) is 12.8 Å². The Kier molecular flexibility index (Phi) is 4.37. The first-order chi connectivity index (χ1) is 9.11. The van der Waals surface area contributed by atoms with E-state index in [4.69, 9.17) is 9.84 Å². The fraction of sp³-hybridized carbons (Fsp3) is 0.500.